The molecule has 3 rings (SSSR count). The highest BCUT2D eigenvalue weighted by Gasteiger charge is 2.20. The van der Waals surface area contributed by atoms with Crippen LogP contribution in [-0.2, 0) is 5.41 Å². The van der Waals surface area contributed by atoms with E-state index in [4.69, 9.17) is 0 Å². The molecule has 0 heterocycles. The Morgan fingerprint density at radius 3 is 1.79 bits per heavy atom. The maximum atomic E-state index is 12.7. The number of benzene rings is 3. The Bertz CT molecular complexity index is 926. The molecule has 0 aliphatic heterocycles. The van der Waals surface area contributed by atoms with E-state index in [9.17, 15) is 4.79 Å². The van der Waals surface area contributed by atoms with E-state index in [1.807, 2.05) is 36.4 Å². The largest absolute Gasteiger partial charge is 0.289 e. The van der Waals surface area contributed by atoms with Gasteiger partial charge in [0.15, 0.2) is 5.78 Å². The van der Waals surface area contributed by atoms with Crippen molar-refractivity contribution in [1.29, 1.82) is 0 Å². The van der Waals surface area contributed by atoms with Gasteiger partial charge in [0, 0.05) is 11.1 Å². The minimum Gasteiger partial charge on any atom is -0.289 e. The Morgan fingerprint density at radius 2 is 1.34 bits per heavy atom. The lowest BCUT2D eigenvalue weighted by molar-refractivity contribution is 0.103. The van der Waals surface area contributed by atoms with Crippen LogP contribution in [0.5, 0.6) is 0 Å². The Labute approximate surface area is 176 Å². The van der Waals surface area contributed by atoms with Crippen molar-refractivity contribution in [1.82, 2.24) is 0 Å². The second kappa shape index (κ2) is 9.69. The average molecular weight is 387 g/mol. The number of hydrogen-bond donors (Lipinski definition) is 0. The fourth-order valence-electron chi connectivity index (χ4n) is 3.27. The van der Waals surface area contributed by atoms with Gasteiger partial charge in [-0.05, 0) is 36.3 Å². The monoisotopic (exact) mass is 386 g/mol. The zero-order valence-corrected chi connectivity index (χ0v) is 18.9. The second-order valence-electron chi connectivity index (χ2n) is 9.06. The predicted octanol–water partition coefficient (Wildman–Crippen LogP) is 7.64. The van der Waals surface area contributed by atoms with Crippen LogP contribution >= 0.6 is 0 Å². The summed E-state index contributed by atoms with van der Waals surface area (Å²) < 4.78 is 0. The molecule has 0 radical (unpaired) electrons. The minimum absolute atomic E-state index is 0.0952. The lowest BCUT2D eigenvalue weighted by Crippen LogP contribution is -2.14. The zero-order chi connectivity index (χ0) is 21.6. The van der Waals surface area contributed by atoms with Crippen molar-refractivity contribution in [3.8, 4) is 0 Å². The van der Waals surface area contributed by atoms with Gasteiger partial charge in [-0.15, -0.1) is 0 Å². The van der Waals surface area contributed by atoms with Gasteiger partial charge in [-0.3, -0.25) is 4.79 Å². The number of carbonyl (C=O) groups is 1. The quantitative estimate of drug-likeness (QED) is 0.423. The van der Waals surface area contributed by atoms with E-state index in [0.717, 1.165) is 16.7 Å². The first-order valence-electron chi connectivity index (χ1n) is 10.4. The molecular weight excluding hydrogens is 352 g/mol. The number of carbonyl (C=O) groups excluding carboxylic acids is 1. The first-order valence-corrected chi connectivity index (χ1v) is 10.4. The van der Waals surface area contributed by atoms with Gasteiger partial charge in [0.1, 0.15) is 0 Å². The van der Waals surface area contributed by atoms with Gasteiger partial charge in [0.05, 0.1) is 0 Å². The van der Waals surface area contributed by atoms with Gasteiger partial charge in [-0.25, -0.2) is 0 Å². The van der Waals surface area contributed by atoms with Gasteiger partial charge < -0.3 is 0 Å². The Morgan fingerprint density at radius 1 is 0.759 bits per heavy atom. The molecule has 3 aromatic carbocycles. The normalized spacial score (nSPS) is 11.0. The number of ketones is 1. The second-order valence-corrected chi connectivity index (χ2v) is 9.06. The van der Waals surface area contributed by atoms with E-state index >= 15 is 0 Å². The smallest absolute Gasteiger partial charge is 0.193 e. The molecule has 0 saturated heterocycles. The van der Waals surface area contributed by atoms with Gasteiger partial charge >= 0.3 is 0 Å². The van der Waals surface area contributed by atoms with E-state index in [0.29, 0.717) is 5.92 Å². The predicted molar refractivity (Wildman–Crippen MR) is 125 cm³/mol. The molecule has 0 saturated carbocycles. The number of hydrogen-bond acceptors (Lipinski definition) is 1. The maximum Gasteiger partial charge on any atom is 0.193 e. The van der Waals surface area contributed by atoms with Gasteiger partial charge in [0.2, 0.25) is 0 Å². The van der Waals surface area contributed by atoms with Crippen molar-refractivity contribution < 1.29 is 4.79 Å². The topological polar surface area (TPSA) is 17.1 Å². The van der Waals surface area contributed by atoms with Crippen LogP contribution in [-0.4, -0.2) is 5.78 Å². The lowest BCUT2D eigenvalue weighted by atomic mass is 9.82. The van der Waals surface area contributed by atoms with E-state index in [2.05, 4.69) is 84.9 Å². The number of aryl methyl sites for hydroxylation is 2. The van der Waals surface area contributed by atoms with Crippen LogP contribution in [0, 0.1) is 13.8 Å². The first-order chi connectivity index (χ1) is 13.6. The summed E-state index contributed by atoms with van der Waals surface area (Å²) in [4.78, 5) is 12.7. The Kier molecular flexibility index (Phi) is 7.56. The van der Waals surface area contributed by atoms with Crippen LogP contribution in [0.2, 0.25) is 0 Å². The Hall–Kier alpha value is -2.67. The highest BCUT2D eigenvalue weighted by atomic mass is 16.1. The molecule has 0 N–H and O–H groups in total. The van der Waals surface area contributed by atoms with Gasteiger partial charge in [-0.1, -0.05) is 119 Å². The maximum absolute atomic E-state index is 12.7. The van der Waals surface area contributed by atoms with Crippen molar-refractivity contribution in [3.63, 3.8) is 0 Å². The first kappa shape index (κ1) is 22.6. The summed E-state index contributed by atoms with van der Waals surface area (Å²) in [7, 11) is 0. The summed E-state index contributed by atoms with van der Waals surface area (Å²) >= 11 is 0. The molecule has 0 amide bonds. The zero-order valence-electron chi connectivity index (χ0n) is 18.9. The third-order valence-corrected chi connectivity index (χ3v) is 4.99. The summed E-state index contributed by atoms with van der Waals surface area (Å²) in [5, 5.41) is 0. The van der Waals surface area contributed by atoms with E-state index in [1.54, 1.807) is 0 Å². The summed E-state index contributed by atoms with van der Waals surface area (Å²) in [6.45, 7) is 15.1. The molecule has 3 aromatic rings. The van der Waals surface area contributed by atoms with Crippen LogP contribution in [0.4, 0.5) is 0 Å². The third kappa shape index (κ3) is 6.42. The van der Waals surface area contributed by atoms with Crippen LogP contribution in [0.1, 0.15) is 78.7 Å². The molecule has 0 aliphatic carbocycles. The molecule has 0 spiro atoms. The summed E-state index contributed by atoms with van der Waals surface area (Å²) in [6, 6.07) is 24.2. The molecule has 29 heavy (non-hydrogen) atoms. The van der Waals surface area contributed by atoms with Crippen molar-refractivity contribution in [2.45, 2.75) is 59.8 Å². The summed E-state index contributed by atoms with van der Waals surface area (Å²) in [6.07, 6.45) is 0. The molecular formula is C28H34O. The van der Waals surface area contributed by atoms with Crippen LogP contribution in [0.3, 0.4) is 0 Å². The SMILES string of the molecule is CC(C)c1cc(C(C)(C)C)ccc1C(=O)c1ccccc1.Cc1cccc(C)c1. The number of rotatable bonds is 3. The highest BCUT2D eigenvalue weighted by molar-refractivity contribution is 6.10. The van der Waals surface area contributed by atoms with E-state index in [-0.39, 0.29) is 11.2 Å². The molecule has 1 heteroatoms. The summed E-state index contributed by atoms with van der Waals surface area (Å²) in [5.74, 6) is 0.440. The molecule has 152 valence electrons. The fourth-order valence-corrected chi connectivity index (χ4v) is 3.27. The van der Waals surface area contributed by atoms with Crippen LogP contribution < -0.4 is 0 Å². The average Bonchev–Trinajstić information content (AvgIpc) is 2.67. The van der Waals surface area contributed by atoms with Crippen molar-refractivity contribution in [2.24, 2.45) is 0 Å². The minimum atomic E-state index is 0.0952. The standard InChI is InChI=1S/C20H24O.C8H10/c1-14(2)18-13-16(20(3,4)5)11-12-17(18)19(21)15-9-7-6-8-10-15;1-7-4-3-5-8(2)6-7/h6-14H,1-5H3;3-6H,1-2H3. The Balaban J connectivity index is 0.000000313. The molecule has 0 unspecified atom stereocenters. The van der Waals surface area contributed by atoms with Gasteiger partial charge in [-0.2, -0.15) is 0 Å². The fraction of sp³-hybridized carbons (Fsp3) is 0.321. The molecule has 0 aromatic heterocycles. The lowest BCUT2D eigenvalue weighted by Gasteiger charge is -2.22. The highest BCUT2D eigenvalue weighted by Crippen LogP contribution is 2.29. The molecule has 0 bridgehead atoms. The molecule has 1 nitrogen and oxygen atoms in total. The van der Waals surface area contributed by atoms with Gasteiger partial charge in [0.25, 0.3) is 0 Å². The third-order valence-electron chi connectivity index (χ3n) is 4.99. The molecule has 0 fully saturated rings. The van der Waals surface area contributed by atoms with Crippen molar-refractivity contribution in [3.05, 3.63) is 106 Å². The molecule has 0 aliphatic rings. The van der Waals surface area contributed by atoms with Crippen molar-refractivity contribution >= 4 is 5.78 Å². The van der Waals surface area contributed by atoms with Crippen molar-refractivity contribution in [2.75, 3.05) is 0 Å². The van der Waals surface area contributed by atoms with E-state index in [1.165, 1.54) is 16.7 Å². The molecule has 0 atom stereocenters. The summed E-state index contributed by atoms with van der Waals surface area (Å²) in [5.41, 5.74) is 6.76. The van der Waals surface area contributed by atoms with E-state index < -0.39 is 0 Å². The van der Waals surface area contributed by atoms with Crippen LogP contribution in [0.15, 0.2) is 72.8 Å². The van der Waals surface area contributed by atoms with Crippen LogP contribution in [0.25, 0.3) is 0 Å².